The Morgan fingerprint density at radius 2 is 2.04 bits per heavy atom. The van der Waals surface area contributed by atoms with E-state index in [4.69, 9.17) is 16.3 Å². The van der Waals surface area contributed by atoms with Crippen molar-refractivity contribution in [2.24, 2.45) is 0 Å². The van der Waals surface area contributed by atoms with Crippen LogP contribution in [0.4, 0.5) is 5.69 Å². The molecule has 0 unspecified atom stereocenters. The van der Waals surface area contributed by atoms with Crippen molar-refractivity contribution < 1.29 is 14.5 Å². The molecule has 0 fully saturated rings. The number of nitrogens with zero attached hydrogens (tertiary/aromatic N) is 1. The van der Waals surface area contributed by atoms with Crippen LogP contribution in [0.15, 0.2) is 48.7 Å². The molecule has 1 atom stereocenters. The van der Waals surface area contributed by atoms with Gasteiger partial charge in [0.25, 0.3) is 0 Å². The second-order valence-electron chi connectivity index (χ2n) is 5.24. The number of carbonyl (C=O) groups is 1. The van der Waals surface area contributed by atoms with Crippen LogP contribution < -0.4 is 4.74 Å². The minimum atomic E-state index is -0.885. The molecule has 1 aromatic heterocycles. The van der Waals surface area contributed by atoms with E-state index in [2.05, 4.69) is 4.98 Å². The first kappa shape index (κ1) is 16.0. The third-order valence-corrected chi connectivity index (χ3v) is 3.88. The number of ether oxygens (including phenoxy) is 1. The Hall–Kier alpha value is -2.86. The summed E-state index contributed by atoms with van der Waals surface area (Å²) in [5, 5.41) is 12.1. The molecule has 3 aromatic rings. The van der Waals surface area contributed by atoms with Gasteiger partial charge in [0.15, 0.2) is 11.9 Å². The van der Waals surface area contributed by atoms with Gasteiger partial charge in [-0.15, -0.1) is 0 Å². The molecule has 7 heteroatoms. The maximum atomic E-state index is 12.6. The van der Waals surface area contributed by atoms with Crippen molar-refractivity contribution in [2.75, 3.05) is 0 Å². The molecule has 0 spiro atoms. The summed E-state index contributed by atoms with van der Waals surface area (Å²) in [5.74, 6) is -0.262. The van der Waals surface area contributed by atoms with Gasteiger partial charge in [0.2, 0.25) is 5.78 Å². The highest BCUT2D eigenvalue weighted by molar-refractivity contribution is 6.30. The van der Waals surface area contributed by atoms with Gasteiger partial charge >= 0.3 is 5.69 Å². The Labute approximate surface area is 142 Å². The Morgan fingerprint density at radius 1 is 1.29 bits per heavy atom. The number of H-pyrrole nitrogens is 1. The maximum Gasteiger partial charge on any atom is 0.312 e. The lowest BCUT2D eigenvalue weighted by Crippen LogP contribution is -2.24. The summed E-state index contributed by atoms with van der Waals surface area (Å²) < 4.78 is 5.53. The third-order valence-electron chi connectivity index (χ3n) is 3.65. The zero-order valence-corrected chi connectivity index (χ0v) is 13.4. The molecule has 0 saturated carbocycles. The predicted molar refractivity (Wildman–Crippen MR) is 90.8 cm³/mol. The molecule has 1 N–H and O–H groups in total. The molecular weight excluding hydrogens is 332 g/mol. The standard InChI is InChI=1S/C17H13ClN2O4/c1-10(24-16-7-6-11(18)8-15(16)20(22)23)17(21)13-9-19-14-5-3-2-4-12(13)14/h2-10,19H,1H3/t10-/m0/s1. The van der Waals surface area contributed by atoms with Gasteiger partial charge < -0.3 is 9.72 Å². The zero-order valence-electron chi connectivity index (χ0n) is 12.7. The fourth-order valence-electron chi connectivity index (χ4n) is 2.47. The number of Topliss-reactive ketones (excluding diaryl/α,β-unsaturated/α-hetero) is 1. The van der Waals surface area contributed by atoms with Crippen LogP contribution in [-0.2, 0) is 0 Å². The SMILES string of the molecule is C[C@H](Oc1ccc(Cl)cc1[N+](=O)[O-])C(=O)c1c[nH]c2ccccc12. The molecule has 122 valence electrons. The monoisotopic (exact) mass is 344 g/mol. The Kier molecular flexibility index (Phi) is 4.22. The first-order chi connectivity index (χ1) is 11.5. The van der Waals surface area contributed by atoms with Crippen molar-refractivity contribution in [3.8, 4) is 5.75 Å². The van der Waals surface area contributed by atoms with Gasteiger partial charge in [-0.05, 0) is 25.1 Å². The highest BCUT2D eigenvalue weighted by Gasteiger charge is 2.24. The van der Waals surface area contributed by atoms with Gasteiger partial charge in [-0.2, -0.15) is 0 Å². The van der Waals surface area contributed by atoms with Crippen LogP contribution in [0.5, 0.6) is 5.75 Å². The summed E-state index contributed by atoms with van der Waals surface area (Å²) in [4.78, 5) is 26.2. The van der Waals surface area contributed by atoms with Crippen molar-refractivity contribution in [3.63, 3.8) is 0 Å². The first-order valence-corrected chi connectivity index (χ1v) is 7.56. The zero-order chi connectivity index (χ0) is 17.3. The fraction of sp³-hybridized carbons (Fsp3) is 0.118. The molecule has 1 heterocycles. The normalized spacial score (nSPS) is 12.1. The van der Waals surface area contributed by atoms with Crippen LogP contribution in [0.25, 0.3) is 10.9 Å². The summed E-state index contributed by atoms with van der Waals surface area (Å²) >= 11 is 5.78. The number of ketones is 1. The van der Waals surface area contributed by atoms with Crippen LogP contribution in [0, 0.1) is 10.1 Å². The molecule has 24 heavy (non-hydrogen) atoms. The molecule has 3 rings (SSSR count). The summed E-state index contributed by atoms with van der Waals surface area (Å²) in [6, 6.07) is 11.5. The van der Waals surface area contributed by atoms with Gasteiger partial charge in [0, 0.05) is 33.8 Å². The lowest BCUT2D eigenvalue weighted by atomic mass is 10.1. The minimum Gasteiger partial charge on any atom is -0.475 e. The van der Waals surface area contributed by atoms with E-state index in [9.17, 15) is 14.9 Å². The van der Waals surface area contributed by atoms with Crippen molar-refractivity contribution in [1.29, 1.82) is 0 Å². The van der Waals surface area contributed by atoms with E-state index in [-0.39, 0.29) is 22.2 Å². The number of nitrogens with one attached hydrogen (secondary N) is 1. The fourth-order valence-corrected chi connectivity index (χ4v) is 2.64. The van der Waals surface area contributed by atoms with Crippen LogP contribution in [0.3, 0.4) is 0 Å². The topological polar surface area (TPSA) is 85.2 Å². The van der Waals surface area contributed by atoms with Crippen molar-refractivity contribution >= 4 is 34.0 Å². The van der Waals surface area contributed by atoms with E-state index in [0.29, 0.717) is 5.56 Å². The molecule has 2 aromatic carbocycles. The van der Waals surface area contributed by atoms with Crippen LogP contribution in [-0.4, -0.2) is 21.8 Å². The van der Waals surface area contributed by atoms with Gasteiger partial charge in [-0.1, -0.05) is 29.8 Å². The summed E-state index contributed by atoms with van der Waals surface area (Å²) in [6.45, 7) is 1.56. The Morgan fingerprint density at radius 3 is 2.79 bits per heavy atom. The van der Waals surface area contributed by atoms with Crippen molar-refractivity contribution in [1.82, 2.24) is 4.98 Å². The largest absolute Gasteiger partial charge is 0.475 e. The summed E-state index contributed by atoms with van der Waals surface area (Å²) in [6.07, 6.45) is 0.729. The number of fused-ring (bicyclic) bond motifs is 1. The smallest absolute Gasteiger partial charge is 0.312 e. The molecule has 0 bridgehead atoms. The molecule has 0 amide bonds. The number of aromatic amines is 1. The Bertz CT molecular complexity index is 935. The molecule has 0 radical (unpaired) electrons. The van der Waals surface area contributed by atoms with Crippen LogP contribution in [0.2, 0.25) is 5.02 Å². The van der Waals surface area contributed by atoms with Gasteiger partial charge in [0.1, 0.15) is 0 Å². The number of hydrogen-bond acceptors (Lipinski definition) is 4. The maximum absolute atomic E-state index is 12.6. The van der Waals surface area contributed by atoms with E-state index in [1.54, 1.807) is 13.1 Å². The second kappa shape index (κ2) is 6.33. The number of carbonyl (C=O) groups excluding carboxylic acids is 1. The van der Waals surface area contributed by atoms with Gasteiger partial charge in [-0.3, -0.25) is 14.9 Å². The molecule has 0 aliphatic carbocycles. The predicted octanol–water partition coefficient (Wildman–Crippen LogP) is 4.38. The lowest BCUT2D eigenvalue weighted by molar-refractivity contribution is -0.386. The number of halogens is 1. The molecule has 0 aliphatic heterocycles. The number of hydrogen-bond donors (Lipinski definition) is 1. The number of para-hydroxylation sites is 1. The molecular formula is C17H13ClN2O4. The van der Waals surface area contributed by atoms with Crippen molar-refractivity contribution in [2.45, 2.75) is 13.0 Å². The minimum absolute atomic E-state index is 0.00471. The van der Waals surface area contributed by atoms with Crippen LogP contribution >= 0.6 is 11.6 Å². The first-order valence-electron chi connectivity index (χ1n) is 7.18. The number of rotatable bonds is 5. The van der Waals surface area contributed by atoms with Gasteiger partial charge in [-0.25, -0.2) is 0 Å². The van der Waals surface area contributed by atoms with Crippen molar-refractivity contribution in [3.05, 3.63) is 69.4 Å². The van der Waals surface area contributed by atoms with E-state index in [1.165, 1.54) is 18.2 Å². The quantitative estimate of drug-likeness (QED) is 0.423. The molecule has 0 saturated heterocycles. The van der Waals surface area contributed by atoms with E-state index in [0.717, 1.165) is 10.9 Å². The number of nitro benzene ring substituents is 1. The average molecular weight is 345 g/mol. The highest BCUT2D eigenvalue weighted by atomic mass is 35.5. The second-order valence-corrected chi connectivity index (χ2v) is 5.68. The van der Waals surface area contributed by atoms with E-state index >= 15 is 0 Å². The summed E-state index contributed by atoms with van der Waals surface area (Å²) in [7, 11) is 0. The van der Waals surface area contributed by atoms with E-state index in [1.807, 2.05) is 24.3 Å². The molecule has 0 aliphatic rings. The number of benzene rings is 2. The van der Waals surface area contributed by atoms with Gasteiger partial charge in [0.05, 0.1) is 4.92 Å². The highest BCUT2D eigenvalue weighted by Crippen LogP contribution is 2.31. The average Bonchev–Trinajstić information content (AvgIpc) is 2.99. The molecule has 6 nitrogen and oxygen atoms in total. The summed E-state index contributed by atoms with van der Waals surface area (Å²) in [5.41, 5.74) is 1.04. The van der Waals surface area contributed by atoms with E-state index < -0.39 is 11.0 Å². The Balaban J connectivity index is 1.89. The lowest BCUT2D eigenvalue weighted by Gasteiger charge is -2.13. The third kappa shape index (κ3) is 2.96. The number of aromatic nitrogens is 1. The number of nitro groups is 1. The van der Waals surface area contributed by atoms with Crippen LogP contribution in [0.1, 0.15) is 17.3 Å².